The van der Waals surface area contributed by atoms with Gasteiger partial charge in [-0.15, -0.1) is 0 Å². The van der Waals surface area contributed by atoms with Crippen LogP contribution in [0.5, 0.6) is 5.75 Å². The number of nitrogen functional groups attached to an aromatic ring is 1. The lowest BCUT2D eigenvalue weighted by atomic mass is 10.2. The van der Waals surface area contributed by atoms with Gasteiger partial charge in [-0.25, -0.2) is 4.79 Å². The van der Waals surface area contributed by atoms with Gasteiger partial charge in [0.05, 0.1) is 12.8 Å². The third-order valence-corrected chi connectivity index (χ3v) is 6.10. The Kier molecular flexibility index (Phi) is 6.36. The molecule has 4 rings (SSSR count). The van der Waals surface area contributed by atoms with Crippen molar-refractivity contribution >= 4 is 28.8 Å². The molecule has 2 aromatic carbocycles. The molecule has 0 aliphatic carbocycles. The van der Waals surface area contributed by atoms with Crippen LogP contribution in [-0.2, 0) is 0 Å². The topological polar surface area (TPSA) is 77.3 Å². The minimum absolute atomic E-state index is 0.0635. The Hall–Kier alpha value is -3.13. The van der Waals surface area contributed by atoms with E-state index in [1.807, 2.05) is 47.4 Å². The maximum Gasteiger partial charge on any atom is 0.321 e. The molecule has 0 unspecified atom stereocenters. The number of methoxy groups -OCH3 is 1. The van der Waals surface area contributed by atoms with Crippen molar-refractivity contribution in [3.63, 3.8) is 0 Å². The van der Waals surface area contributed by atoms with Crippen LogP contribution in [0.15, 0.2) is 42.5 Å². The summed E-state index contributed by atoms with van der Waals surface area (Å²) in [5.74, 6) is 0.833. The third-order valence-electron chi connectivity index (χ3n) is 6.10. The number of likely N-dealkylation sites (N-methyl/N-ethyl adjacent to an activating group) is 1. The van der Waals surface area contributed by atoms with Crippen LogP contribution in [-0.4, -0.2) is 82.3 Å². The van der Waals surface area contributed by atoms with Crippen LogP contribution in [0, 0.1) is 0 Å². The zero-order chi connectivity index (χ0) is 21.8. The summed E-state index contributed by atoms with van der Waals surface area (Å²) in [6, 6.07) is 13.7. The summed E-state index contributed by atoms with van der Waals surface area (Å²) in [6.07, 6.45) is 0. The molecule has 0 saturated carbocycles. The Balaban J connectivity index is 1.37. The predicted octanol–water partition coefficient (Wildman–Crippen LogP) is 2.38. The molecule has 0 radical (unpaired) electrons. The van der Waals surface area contributed by atoms with Crippen molar-refractivity contribution in [2.75, 3.05) is 87.4 Å². The highest BCUT2D eigenvalue weighted by atomic mass is 16.5. The van der Waals surface area contributed by atoms with Crippen LogP contribution in [0.3, 0.4) is 0 Å². The lowest BCUT2D eigenvalue weighted by Gasteiger charge is -2.36. The smallest absolute Gasteiger partial charge is 0.321 e. The second kappa shape index (κ2) is 9.34. The molecule has 8 nitrogen and oxygen atoms in total. The Labute approximate surface area is 184 Å². The van der Waals surface area contributed by atoms with E-state index in [0.29, 0.717) is 13.1 Å². The second-order valence-electron chi connectivity index (χ2n) is 8.17. The SMILES string of the molecule is COc1ccc(NC(=O)N2CCN(c3ccc(N)cc3)CC2)cc1N1CCN(C)CC1. The van der Waals surface area contributed by atoms with Crippen LogP contribution in [0.1, 0.15) is 0 Å². The number of carbonyl (C=O) groups excluding carboxylic acids is 1. The summed E-state index contributed by atoms with van der Waals surface area (Å²) < 4.78 is 5.57. The summed E-state index contributed by atoms with van der Waals surface area (Å²) in [5.41, 5.74) is 9.50. The summed E-state index contributed by atoms with van der Waals surface area (Å²) >= 11 is 0. The maximum atomic E-state index is 12.9. The molecular formula is C23H32N6O2. The number of amides is 2. The van der Waals surface area contributed by atoms with Crippen molar-refractivity contribution in [3.05, 3.63) is 42.5 Å². The molecule has 2 aliphatic rings. The van der Waals surface area contributed by atoms with E-state index in [1.165, 1.54) is 0 Å². The molecule has 8 heteroatoms. The molecule has 166 valence electrons. The van der Waals surface area contributed by atoms with E-state index in [-0.39, 0.29) is 6.03 Å². The molecule has 2 fully saturated rings. The first-order valence-corrected chi connectivity index (χ1v) is 10.8. The summed E-state index contributed by atoms with van der Waals surface area (Å²) in [4.78, 5) is 21.7. The molecule has 0 aromatic heterocycles. The predicted molar refractivity (Wildman–Crippen MR) is 126 cm³/mol. The molecule has 3 N–H and O–H groups in total. The number of ether oxygens (including phenoxy) is 1. The number of urea groups is 1. The van der Waals surface area contributed by atoms with Gasteiger partial charge in [-0.05, 0) is 49.5 Å². The van der Waals surface area contributed by atoms with E-state index in [9.17, 15) is 4.79 Å². The van der Waals surface area contributed by atoms with E-state index < -0.39 is 0 Å². The number of hydrogen-bond acceptors (Lipinski definition) is 6. The lowest BCUT2D eigenvalue weighted by Crippen LogP contribution is -2.50. The van der Waals surface area contributed by atoms with Crippen molar-refractivity contribution in [2.45, 2.75) is 0 Å². The Morgan fingerprint density at radius 2 is 1.55 bits per heavy atom. The number of anilines is 4. The molecule has 0 spiro atoms. The van der Waals surface area contributed by atoms with E-state index in [4.69, 9.17) is 10.5 Å². The zero-order valence-corrected chi connectivity index (χ0v) is 18.4. The van der Waals surface area contributed by atoms with Gasteiger partial charge in [-0.3, -0.25) is 0 Å². The third kappa shape index (κ3) is 4.96. The fourth-order valence-corrected chi connectivity index (χ4v) is 4.12. The molecule has 0 atom stereocenters. The molecular weight excluding hydrogens is 392 g/mol. The largest absolute Gasteiger partial charge is 0.495 e. The van der Waals surface area contributed by atoms with Crippen LogP contribution in [0.2, 0.25) is 0 Å². The quantitative estimate of drug-likeness (QED) is 0.734. The van der Waals surface area contributed by atoms with Crippen molar-refractivity contribution in [3.8, 4) is 5.75 Å². The second-order valence-corrected chi connectivity index (χ2v) is 8.17. The van der Waals surface area contributed by atoms with Gasteiger partial charge in [-0.2, -0.15) is 0 Å². The Morgan fingerprint density at radius 1 is 0.903 bits per heavy atom. The minimum Gasteiger partial charge on any atom is -0.495 e. The highest BCUT2D eigenvalue weighted by molar-refractivity contribution is 5.90. The number of nitrogens with one attached hydrogen (secondary N) is 1. The summed E-state index contributed by atoms with van der Waals surface area (Å²) in [5, 5.41) is 3.07. The van der Waals surface area contributed by atoms with Crippen LogP contribution < -0.4 is 25.6 Å². The van der Waals surface area contributed by atoms with Crippen molar-refractivity contribution in [1.82, 2.24) is 9.80 Å². The number of rotatable bonds is 4. The fraction of sp³-hybridized carbons (Fsp3) is 0.435. The van der Waals surface area contributed by atoms with Gasteiger partial charge in [0.1, 0.15) is 5.75 Å². The zero-order valence-electron chi connectivity index (χ0n) is 18.4. The normalized spacial score (nSPS) is 17.5. The summed E-state index contributed by atoms with van der Waals surface area (Å²) in [6.45, 7) is 6.86. The number of benzene rings is 2. The number of hydrogen-bond donors (Lipinski definition) is 2. The molecule has 2 amide bonds. The fourth-order valence-electron chi connectivity index (χ4n) is 4.12. The van der Waals surface area contributed by atoms with Crippen LogP contribution in [0.25, 0.3) is 0 Å². The van der Waals surface area contributed by atoms with Gasteiger partial charge in [0.25, 0.3) is 0 Å². The van der Waals surface area contributed by atoms with Gasteiger partial charge in [-0.1, -0.05) is 0 Å². The van der Waals surface area contributed by atoms with Gasteiger partial charge in [0.2, 0.25) is 0 Å². The van der Waals surface area contributed by atoms with Gasteiger partial charge in [0.15, 0.2) is 0 Å². The molecule has 0 bridgehead atoms. The monoisotopic (exact) mass is 424 g/mol. The van der Waals surface area contributed by atoms with Gasteiger partial charge < -0.3 is 35.4 Å². The van der Waals surface area contributed by atoms with Crippen molar-refractivity contribution < 1.29 is 9.53 Å². The Bertz CT molecular complexity index is 887. The van der Waals surface area contributed by atoms with Crippen LogP contribution >= 0.6 is 0 Å². The average Bonchev–Trinajstić information content (AvgIpc) is 2.80. The minimum atomic E-state index is -0.0635. The van der Waals surface area contributed by atoms with E-state index in [2.05, 4.69) is 27.1 Å². The molecule has 2 aliphatic heterocycles. The molecule has 31 heavy (non-hydrogen) atoms. The first-order chi connectivity index (χ1) is 15.0. The lowest BCUT2D eigenvalue weighted by molar-refractivity contribution is 0.208. The molecule has 2 saturated heterocycles. The molecule has 2 heterocycles. The Morgan fingerprint density at radius 3 is 2.19 bits per heavy atom. The van der Waals surface area contributed by atoms with Crippen molar-refractivity contribution in [2.24, 2.45) is 0 Å². The standard InChI is InChI=1S/C23H32N6O2/c1-26-9-11-28(12-10-26)21-17-19(5-8-22(21)31-2)25-23(30)29-15-13-27(14-16-29)20-6-3-18(24)4-7-20/h3-8,17H,9-16,24H2,1-2H3,(H,25,30). The van der Waals surface area contributed by atoms with E-state index in [1.54, 1.807) is 7.11 Å². The first-order valence-electron chi connectivity index (χ1n) is 10.8. The van der Waals surface area contributed by atoms with E-state index in [0.717, 1.165) is 67.8 Å². The van der Waals surface area contributed by atoms with Gasteiger partial charge in [0, 0.05) is 69.4 Å². The van der Waals surface area contributed by atoms with Gasteiger partial charge >= 0.3 is 6.03 Å². The number of nitrogens with two attached hydrogens (primary N) is 1. The first kappa shape index (κ1) is 21.1. The summed E-state index contributed by atoms with van der Waals surface area (Å²) in [7, 11) is 3.83. The maximum absolute atomic E-state index is 12.9. The highest BCUT2D eigenvalue weighted by Crippen LogP contribution is 2.32. The van der Waals surface area contributed by atoms with E-state index >= 15 is 0 Å². The molecule has 2 aromatic rings. The number of piperazine rings is 2. The average molecular weight is 425 g/mol. The van der Waals surface area contributed by atoms with Crippen LogP contribution in [0.4, 0.5) is 27.5 Å². The van der Waals surface area contributed by atoms with Crippen molar-refractivity contribution in [1.29, 1.82) is 0 Å². The number of nitrogens with zero attached hydrogens (tertiary/aromatic N) is 4. The highest BCUT2D eigenvalue weighted by Gasteiger charge is 2.23. The number of carbonyl (C=O) groups is 1.